The second kappa shape index (κ2) is 30.0. The average molecular weight is 1490 g/mol. The normalized spacial score (nSPS) is 11.5. The summed E-state index contributed by atoms with van der Waals surface area (Å²) < 4.78 is 4.51. The van der Waals surface area contributed by atoms with Crippen molar-refractivity contribution in [3.8, 4) is 101 Å². The topological polar surface area (TPSA) is 35.6 Å². The van der Waals surface area contributed by atoms with Gasteiger partial charge in [-0.25, -0.2) is 9.97 Å². The smallest absolute Gasteiger partial charge is 0.145 e. The van der Waals surface area contributed by atoms with Crippen molar-refractivity contribution in [1.82, 2.24) is 19.1 Å². The van der Waals surface area contributed by atoms with Crippen LogP contribution in [0, 0.1) is 6.92 Å². The second-order valence-electron chi connectivity index (χ2n) is 30.2. The van der Waals surface area contributed by atoms with Gasteiger partial charge >= 0.3 is 0 Å². The van der Waals surface area contributed by atoms with Crippen LogP contribution in [-0.2, 0) is 0 Å². The average Bonchev–Trinajstić information content (AvgIpc) is 1.40. The van der Waals surface area contributed by atoms with E-state index in [1.807, 2.05) is 12.1 Å². The summed E-state index contributed by atoms with van der Waals surface area (Å²) in [7, 11) is 0. The zero-order valence-electron chi connectivity index (χ0n) is 64.4. The number of nitrogens with zero attached hydrogens (tertiary/aromatic N) is 4. The van der Waals surface area contributed by atoms with Gasteiger partial charge in [0.25, 0.3) is 0 Å². The second-order valence-corrected chi connectivity index (χ2v) is 30.2. The molecule has 0 radical (unpaired) electrons. The van der Waals surface area contributed by atoms with Gasteiger partial charge in [0, 0.05) is 16.9 Å². The predicted octanol–water partition coefficient (Wildman–Crippen LogP) is 30.6. The number of fused-ring (bicyclic) bond motifs is 10. The van der Waals surface area contributed by atoms with E-state index in [0.29, 0.717) is 0 Å². The first-order valence-electron chi connectivity index (χ1n) is 40.2. The van der Waals surface area contributed by atoms with Gasteiger partial charge in [-0.2, -0.15) is 0 Å². The maximum absolute atomic E-state index is 5.04. The van der Waals surface area contributed by atoms with Crippen LogP contribution in [0.15, 0.2) is 443 Å². The third-order valence-electron chi connectivity index (χ3n) is 23.3. The molecular formula is C113H76N4. The number of hydrogen-bond acceptors (Lipinski definition) is 2. The molecule has 548 valence electrons. The maximum atomic E-state index is 5.04. The molecule has 0 atom stereocenters. The lowest BCUT2D eigenvalue weighted by molar-refractivity contribution is 1.00. The van der Waals surface area contributed by atoms with Crippen LogP contribution < -0.4 is 0 Å². The highest BCUT2D eigenvalue weighted by Crippen LogP contribution is 2.49. The lowest BCUT2D eigenvalue weighted by Gasteiger charge is -2.18. The Kier molecular flexibility index (Phi) is 17.8. The van der Waals surface area contributed by atoms with Crippen molar-refractivity contribution in [1.29, 1.82) is 0 Å². The molecule has 117 heavy (non-hydrogen) atoms. The first-order chi connectivity index (χ1) is 58.0. The molecule has 0 unspecified atom stereocenters. The van der Waals surface area contributed by atoms with E-state index in [-0.39, 0.29) is 0 Å². The number of aromatic nitrogens is 4. The van der Waals surface area contributed by atoms with Gasteiger partial charge in [-0.3, -0.25) is 9.13 Å². The van der Waals surface area contributed by atoms with E-state index >= 15 is 0 Å². The third-order valence-corrected chi connectivity index (χ3v) is 23.3. The first kappa shape index (κ1) is 69.6. The highest BCUT2D eigenvalue weighted by molar-refractivity contribution is 6.25. The van der Waals surface area contributed by atoms with Crippen molar-refractivity contribution in [2.75, 3.05) is 0 Å². The minimum atomic E-state index is 0.945. The number of hydrogen-bond donors (Lipinski definition) is 0. The van der Waals surface area contributed by atoms with Gasteiger partial charge in [-0.1, -0.05) is 382 Å². The van der Waals surface area contributed by atoms with Crippen LogP contribution in [0.5, 0.6) is 0 Å². The standard InChI is InChI=1S/C43H28N2.C40H28N2.C30H20/c1-2-13-31(14-3-1)43-44-39-20-10-11-21-40(39)45(43)34-26-24-30(25-27-34)41-35-16-6-8-18-37(35)42(38-19-9-7-17-36(38)41)33-23-22-29-12-4-5-15-32(29)28-33;1-27-41-37-25-24-31(26-38(37)42(27)32-14-6-3-7-15-32)28-20-22-30(23-21-28)40-35-18-10-8-16-33(35)39(29-12-4-2-5-13-29)34-17-9-11-19-36(34)40;1-2-11-22(12-3-1)29-25-14-6-8-16-27(25)30(28-17-9-7-15-26(28)29)24-19-18-21-10-4-5-13-23(21)20-24/h1-28H;2-26H,1H3;1-20H. The van der Waals surface area contributed by atoms with Gasteiger partial charge in [0.05, 0.1) is 22.1 Å². The van der Waals surface area contributed by atoms with Crippen LogP contribution in [0.1, 0.15) is 5.82 Å². The van der Waals surface area contributed by atoms with Crippen LogP contribution >= 0.6 is 0 Å². The monoisotopic (exact) mass is 1490 g/mol. The van der Waals surface area contributed by atoms with Crippen LogP contribution in [0.25, 0.3) is 209 Å². The lowest BCUT2D eigenvalue weighted by atomic mass is 9.85. The third kappa shape index (κ3) is 12.6. The van der Waals surface area contributed by atoms with Gasteiger partial charge in [0.1, 0.15) is 11.6 Å². The van der Waals surface area contributed by atoms with Crippen LogP contribution in [-0.4, -0.2) is 19.1 Å². The number of para-hydroxylation sites is 3. The first-order valence-corrected chi connectivity index (χ1v) is 40.2. The van der Waals surface area contributed by atoms with Crippen molar-refractivity contribution in [3.05, 3.63) is 449 Å². The van der Waals surface area contributed by atoms with Crippen LogP contribution in [0.2, 0.25) is 0 Å². The van der Waals surface area contributed by atoms with E-state index in [4.69, 9.17) is 9.97 Å². The summed E-state index contributed by atoms with van der Waals surface area (Å²) in [6.07, 6.45) is 0. The van der Waals surface area contributed by atoms with Crippen molar-refractivity contribution in [3.63, 3.8) is 0 Å². The van der Waals surface area contributed by atoms with E-state index in [0.717, 1.165) is 50.7 Å². The van der Waals surface area contributed by atoms with Crippen molar-refractivity contribution in [2.45, 2.75) is 6.92 Å². The Labute approximate surface area is 679 Å². The quantitative estimate of drug-likeness (QED) is 0.128. The van der Waals surface area contributed by atoms with Crippen molar-refractivity contribution >= 4 is 108 Å². The minimum Gasteiger partial charge on any atom is -0.297 e. The molecule has 21 aromatic carbocycles. The molecule has 0 saturated heterocycles. The molecule has 2 heterocycles. The molecule has 0 N–H and O–H groups in total. The van der Waals surface area contributed by atoms with E-state index in [2.05, 4.69) is 447 Å². The number of benzene rings is 21. The van der Waals surface area contributed by atoms with E-state index in [9.17, 15) is 0 Å². The Morgan fingerprint density at radius 1 is 0.171 bits per heavy atom. The van der Waals surface area contributed by atoms with Gasteiger partial charge in [0.15, 0.2) is 0 Å². The zero-order chi connectivity index (χ0) is 77.7. The molecule has 23 aromatic rings. The summed E-state index contributed by atoms with van der Waals surface area (Å²) in [5, 5.41) is 20.4. The molecule has 23 rings (SSSR count). The number of imidazole rings is 2. The molecular weight excluding hydrogens is 1410 g/mol. The molecule has 2 aromatic heterocycles. The molecule has 0 saturated carbocycles. The summed E-state index contributed by atoms with van der Waals surface area (Å²) in [6, 6.07) is 159. The molecule has 0 aliphatic carbocycles. The molecule has 0 amide bonds. The van der Waals surface area contributed by atoms with Gasteiger partial charge in [0.2, 0.25) is 0 Å². The van der Waals surface area contributed by atoms with Gasteiger partial charge in [-0.15, -0.1) is 0 Å². The summed E-state index contributed by atoms with van der Waals surface area (Å²) >= 11 is 0. The van der Waals surface area contributed by atoms with Crippen molar-refractivity contribution < 1.29 is 0 Å². The SMILES string of the molecule is Cc1nc2ccc(-c3ccc(-c4c5ccccc5c(-c5ccccc5)c5ccccc45)cc3)cc2n1-c1ccccc1.c1ccc(-c2c3ccccc3c(-c3ccc4ccccc4c3)c3ccccc23)cc1.c1ccc(-c2nc3ccccc3n2-c2ccc(-c3c4ccccc4c(-c4ccc5ccccc5c4)c4ccccc34)cc2)cc1. The molecule has 0 spiro atoms. The summed E-state index contributed by atoms with van der Waals surface area (Å²) in [5.41, 5.74) is 25.1. The molecule has 0 bridgehead atoms. The number of aryl methyl sites for hydroxylation is 1. The Morgan fingerprint density at radius 3 is 0.863 bits per heavy atom. The Hall–Kier alpha value is -15.4. The molecule has 4 nitrogen and oxygen atoms in total. The maximum Gasteiger partial charge on any atom is 0.145 e. The molecule has 0 aliphatic heterocycles. The van der Waals surface area contributed by atoms with E-state index in [1.54, 1.807) is 0 Å². The van der Waals surface area contributed by atoms with Crippen LogP contribution in [0.4, 0.5) is 0 Å². The largest absolute Gasteiger partial charge is 0.297 e. The summed E-state index contributed by atoms with van der Waals surface area (Å²) in [4.78, 5) is 9.87. The van der Waals surface area contributed by atoms with Crippen molar-refractivity contribution in [2.24, 2.45) is 0 Å². The highest BCUT2D eigenvalue weighted by Gasteiger charge is 2.23. The Bertz CT molecular complexity index is 7550. The minimum absolute atomic E-state index is 0.945. The molecule has 0 fully saturated rings. The van der Waals surface area contributed by atoms with E-state index < -0.39 is 0 Å². The Balaban J connectivity index is 0.000000112. The molecule has 4 heteroatoms. The van der Waals surface area contributed by atoms with Crippen LogP contribution in [0.3, 0.4) is 0 Å². The lowest BCUT2D eigenvalue weighted by Crippen LogP contribution is -1.97. The van der Waals surface area contributed by atoms with Gasteiger partial charge < -0.3 is 0 Å². The van der Waals surface area contributed by atoms with E-state index in [1.165, 1.54) is 164 Å². The molecule has 0 aliphatic rings. The Morgan fingerprint density at radius 2 is 0.453 bits per heavy atom. The fourth-order valence-electron chi connectivity index (χ4n) is 18.1. The summed E-state index contributed by atoms with van der Waals surface area (Å²) in [6.45, 7) is 2.07. The number of rotatable bonds is 10. The predicted molar refractivity (Wildman–Crippen MR) is 497 cm³/mol. The fraction of sp³-hybridized carbons (Fsp3) is 0.00885. The van der Waals surface area contributed by atoms with Gasteiger partial charge in [-0.05, 0) is 232 Å². The fourth-order valence-corrected chi connectivity index (χ4v) is 18.1. The zero-order valence-corrected chi connectivity index (χ0v) is 64.4. The summed E-state index contributed by atoms with van der Waals surface area (Å²) in [5.74, 6) is 1.93. The highest BCUT2D eigenvalue weighted by atomic mass is 15.1.